The van der Waals surface area contributed by atoms with Crippen LogP contribution in [-0.4, -0.2) is 11.9 Å². The van der Waals surface area contributed by atoms with Gasteiger partial charge in [0.2, 0.25) is 5.91 Å². The van der Waals surface area contributed by atoms with Gasteiger partial charge in [-0.3, -0.25) is 4.79 Å². The molecule has 3 nitrogen and oxygen atoms in total. The second kappa shape index (κ2) is 5.10. The number of anilines is 1. The highest BCUT2D eigenvalue weighted by molar-refractivity contribution is 6.00. The number of nitrogens with two attached hydrogens (primary N) is 1. The number of fused-ring (bicyclic) bond motifs is 1. The van der Waals surface area contributed by atoms with Gasteiger partial charge < -0.3 is 10.6 Å². The lowest BCUT2D eigenvalue weighted by molar-refractivity contribution is -0.120. The highest BCUT2D eigenvalue weighted by Gasteiger charge is 2.29. The summed E-state index contributed by atoms with van der Waals surface area (Å²) >= 11 is 0. The Morgan fingerprint density at radius 2 is 2.00 bits per heavy atom. The zero-order valence-corrected chi connectivity index (χ0v) is 11.5. The van der Waals surface area contributed by atoms with E-state index in [4.69, 9.17) is 5.73 Å². The quantitative estimate of drug-likeness (QED) is 0.907. The number of nitrogens with zero attached hydrogens (tertiary/aromatic N) is 1. The fourth-order valence-electron chi connectivity index (χ4n) is 2.75. The lowest BCUT2D eigenvalue weighted by Gasteiger charge is -2.32. The predicted octanol–water partition coefficient (Wildman–Crippen LogP) is 2.41. The van der Waals surface area contributed by atoms with E-state index in [1.54, 1.807) is 4.90 Å². The van der Waals surface area contributed by atoms with Crippen molar-refractivity contribution in [1.29, 1.82) is 0 Å². The maximum absolute atomic E-state index is 12.4. The molecule has 0 saturated heterocycles. The molecule has 0 aliphatic carbocycles. The van der Waals surface area contributed by atoms with E-state index >= 15 is 0 Å². The maximum Gasteiger partial charge on any atom is 0.244 e. The highest BCUT2D eigenvalue weighted by atomic mass is 16.2. The van der Waals surface area contributed by atoms with Crippen molar-refractivity contribution in [3.63, 3.8) is 0 Å². The standard InChI is InChI=1S/C17H18N2O/c1-12-5-4-6-13(9-12)11-19-16-8-3-2-7-14(16)10-15(18)17(19)20/h2-9,15H,10-11,18H2,1H3/t15-/m1/s1. The number of para-hydroxylation sites is 1. The van der Waals surface area contributed by atoms with Crippen molar-refractivity contribution in [1.82, 2.24) is 0 Å². The average molecular weight is 266 g/mol. The summed E-state index contributed by atoms with van der Waals surface area (Å²) in [5.74, 6) is 0.00482. The van der Waals surface area contributed by atoms with Crippen LogP contribution in [0.4, 0.5) is 5.69 Å². The molecule has 0 spiro atoms. The fourth-order valence-corrected chi connectivity index (χ4v) is 2.75. The van der Waals surface area contributed by atoms with Crippen LogP contribution in [0.3, 0.4) is 0 Å². The lowest BCUT2D eigenvalue weighted by Crippen LogP contribution is -2.48. The number of carbonyl (C=O) groups is 1. The van der Waals surface area contributed by atoms with Crippen molar-refractivity contribution in [2.24, 2.45) is 5.73 Å². The average Bonchev–Trinajstić information content (AvgIpc) is 2.44. The maximum atomic E-state index is 12.4. The fraction of sp³-hybridized carbons (Fsp3) is 0.235. The third-order valence-corrected chi connectivity index (χ3v) is 3.73. The van der Waals surface area contributed by atoms with E-state index in [1.807, 2.05) is 36.4 Å². The van der Waals surface area contributed by atoms with E-state index in [1.165, 1.54) is 5.56 Å². The molecule has 2 aromatic rings. The summed E-state index contributed by atoms with van der Waals surface area (Å²) in [4.78, 5) is 14.2. The minimum absolute atomic E-state index is 0.00482. The first kappa shape index (κ1) is 12.9. The normalized spacial score (nSPS) is 18.0. The van der Waals surface area contributed by atoms with E-state index in [0.717, 1.165) is 16.8 Å². The number of benzene rings is 2. The molecule has 3 rings (SSSR count). The molecule has 0 fully saturated rings. The number of rotatable bonds is 2. The van der Waals surface area contributed by atoms with Crippen LogP contribution in [-0.2, 0) is 17.8 Å². The molecule has 0 aromatic heterocycles. The Balaban J connectivity index is 1.97. The zero-order chi connectivity index (χ0) is 14.1. The molecule has 0 unspecified atom stereocenters. The number of hydrogen-bond acceptors (Lipinski definition) is 2. The van der Waals surface area contributed by atoms with Gasteiger partial charge in [-0.15, -0.1) is 0 Å². The summed E-state index contributed by atoms with van der Waals surface area (Å²) in [6.07, 6.45) is 0.624. The minimum atomic E-state index is -0.435. The first-order valence-corrected chi connectivity index (χ1v) is 6.85. The van der Waals surface area contributed by atoms with Crippen LogP contribution in [0.2, 0.25) is 0 Å². The third-order valence-electron chi connectivity index (χ3n) is 3.73. The topological polar surface area (TPSA) is 46.3 Å². The van der Waals surface area contributed by atoms with Gasteiger partial charge in [-0.1, -0.05) is 48.0 Å². The van der Waals surface area contributed by atoms with Crippen molar-refractivity contribution in [3.8, 4) is 0 Å². The van der Waals surface area contributed by atoms with Crippen LogP contribution >= 0.6 is 0 Å². The van der Waals surface area contributed by atoms with Crippen molar-refractivity contribution in [3.05, 3.63) is 65.2 Å². The monoisotopic (exact) mass is 266 g/mol. The number of aryl methyl sites for hydroxylation is 1. The molecule has 1 heterocycles. The molecule has 2 N–H and O–H groups in total. The Labute approximate surface area is 119 Å². The van der Waals surface area contributed by atoms with Crippen molar-refractivity contribution < 1.29 is 4.79 Å². The van der Waals surface area contributed by atoms with Crippen LogP contribution in [0, 0.1) is 6.92 Å². The van der Waals surface area contributed by atoms with Gasteiger partial charge in [-0.2, -0.15) is 0 Å². The van der Waals surface area contributed by atoms with Crippen LogP contribution < -0.4 is 10.6 Å². The molecule has 1 aliphatic rings. The molecule has 0 saturated carbocycles. The van der Waals surface area contributed by atoms with Gasteiger partial charge in [0.25, 0.3) is 0 Å². The van der Waals surface area contributed by atoms with Gasteiger partial charge in [0, 0.05) is 5.69 Å². The smallest absolute Gasteiger partial charge is 0.244 e. The van der Waals surface area contributed by atoms with Gasteiger partial charge in [-0.05, 0) is 30.5 Å². The molecule has 0 radical (unpaired) electrons. The van der Waals surface area contributed by atoms with Crippen LogP contribution in [0.15, 0.2) is 48.5 Å². The molecule has 20 heavy (non-hydrogen) atoms. The van der Waals surface area contributed by atoms with Gasteiger partial charge in [0.1, 0.15) is 0 Å². The van der Waals surface area contributed by atoms with E-state index in [9.17, 15) is 4.79 Å². The lowest BCUT2D eigenvalue weighted by atomic mass is 9.97. The Hall–Kier alpha value is -2.13. The van der Waals surface area contributed by atoms with Crippen molar-refractivity contribution >= 4 is 11.6 Å². The summed E-state index contributed by atoms with van der Waals surface area (Å²) < 4.78 is 0. The first-order chi connectivity index (χ1) is 9.65. The second-order valence-electron chi connectivity index (χ2n) is 5.35. The molecule has 2 aromatic carbocycles. The van der Waals surface area contributed by atoms with Crippen LogP contribution in [0.1, 0.15) is 16.7 Å². The van der Waals surface area contributed by atoms with Gasteiger partial charge >= 0.3 is 0 Å². The second-order valence-corrected chi connectivity index (χ2v) is 5.35. The van der Waals surface area contributed by atoms with E-state index in [-0.39, 0.29) is 5.91 Å². The SMILES string of the molecule is Cc1cccc(CN2C(=O)[C@H](N)Cc3ccccc32)c1. The van der Waals surface area contributed by atoms with Crippen LogP contribution in [0.25, 0.3) is 0 Å². The largest absolute Gasteiger partial charge is 0.320 e. The summed E-state index contributed by atoms with van der Waals surface area (Å²) in [6.45, 7) is 2.63. The van der Waals surface area contributed by atoms with Gasteiger partial charge in [0.05, 0.1) is 12.6 Å². The van der Waals surface area contributed by atoms with Crippen molar-refractivity contribution in [2.75, 3.05) is 4.90 Å². The first-order valence-electron chi connectivity index (χ1n) is 6.85. The minimum Gasteiger partial charge on any atom is -0.320 e. The summed E-state index contributed by atoms with van der Waals surface area (Å²) in [5, 5.41) is 0. The Bertz CT molecular complexity index is 651. The summed E-state index contributed by atoms with van der Waals surface area (Å²) in [5.41, 5.74) is 10.4. The van der Waals surface area contributed by atoms with E-state index in [2.05, 4.69) is 19.1 Å². The van der Waals surface area contributed by atoms with E-state index in [0.29, 0.717) is 13.0 Å². The molecule has 102 valence electrons. The predicted molar refractivity (Wildman–Crippen MR) is 80.5 cm³/mol. The highest BCUT2D eigenvalue weighted by Crippen LogP contribution is 2.28. The Kier molecular flexibility index (Phi) is 3.28. The molecule has 1 amide bonds. The zero-order valence-electron chi connectivity index (χ0n) is 11.5. The van der Waals surface area contributed by atoms with Crippen molar-refractivity contribution in [2.45, 2.75) is 25.9 Å². The molecule has 0 bridgehead atoms. The summed E-state index contributed by atoms with van der Waals surface area (Å²) in [7, 11) is 0. The van der Waals surface area contributed by atoms with Gasteiger partial charge in [0.15, 0.2) is 0 Å². The Morgan fingerprint density at radius 1 is 1.20 bits per heavy atom. The number of amides is 1. The molecule has 1 aliphatic heterocycles. The van der Waals surface area contributed by atoms with Gasteiger partial charge in [-0.25, -0.2) is 0 Å². The third kappa shape index (κ3) is 2.32. The number of hydrogen-bond donors (Lipinski definition) is 1. The number of carbonyl (C=O) groups excluding carboxylic acids is 1. The summed E-state index contributed by atoms with van der Waals surface area (Å²) in [6, 6.07) is 15.8. The molecule has 1 atom stereocenters. The van der Waals surface area contributed by atoms with Crippen LogP contribution in [0.5, 0.6) is 0 Å². The molecule has 3 heteroatoms. The van der Waals surface area contributed by atoms with E-state index < -0.39 is 6.04 Å². The molecular formula is C17H18N2O. The Morgan fingerprint density at radius 3 is 2.80 bits per heavy atom. The molecular weight excluding hydrogens is 248 g/mol.